The summed E-state index contributed by atoms with van der Waals surface area (Å²) in [7, 11) is 0. The van der Waals surface area contributed by atoms with E-state index >= 15 is 0 Å². The molecule has 0 saturated carbocycles. The topological polar surface area (TPSA) is 51.0 Å². The minimum atomic E-state index is -0.435. The lowest BCUT2D eigenvalue weighted by atomic mass is 10.1. The van der Waals surface area contributed by atoms with E-state index in [2.05, 4.69) is 44.5 Å². The van der Waals surface area contributed by atoms with Gasteiger partial charge in [-0.3, -0.25) is 4.79 Å². The molecule has 7 heteroatoms. The van der Waals surface area contributed by atoms with Crippen LogP contribution in [0.1, 0.15) is 35.9 Å². The Morgan fingerprint density at radius 2 is 2.13 bits per heavy atom. The van der Waals surface area contributed by atoms with Crippen molar-refractivity contribution in [3.8, 4) is 0 Å². The van der Waals surface area contributed by atoms with E-state index in [1.165, 1.54) is 6.07 Å². The smallest absolute Gasteiger partial charge is 0.254 e. The molecule has 5 nitrogen and oxygen atoms in total. The van der Waals surface area contributed by atoms with Gasteiger partial charge in [-0.1, -0.05) is 13.8 Å². The summed E-state index contributed by atoms with van der Waals surface area (Å²) in [4.78, 5) is 14.2. The molecule has 0 radical (unpaired) electrons. The first kappa shape index (κ1) is 16.1. The van der Waals surface area contributed by atoms with E-state index in [1.54, 1.807) is 17.0 Å². The number of carbonyl (C=O) groups is 1. The summed E-state index contributed by atoms with van der Waals surface area (Å²) in [6.07, 6.45) is 0.874. The van der Waals surface area contributed by atoms with Crippen molar-refractivity contribution in [2.75, 3.05) is 6.54 Å². The number of hydrogen-bond acceptors (Lipinski definition) is 3. The third kappa shape index (κ3) is 3.29. The van der Waals surface area contributed by atoms with Crippen LogP contribution in [0.15, 0.2) is 22.7 Å². The summed E-state index contributed by atoms with van der Waals surface area (Å²) in [5.41, 5.74) is 0.348. The molecular formula is C16H18BrFN4O. The molecule has 1 aromatic carbocycles. The van der Waals surface area contributed by atoms with E-state index in [0.29, 0.717) is 35.6 Å². The summed E-state index contributed by atoms with van der Waals surface area (Å²) in [6, 6.07) is 4.44. The number of fused-ring (bicyclic) bond motifs is 1. The minimum Gasteiger partial charge on any atom is -0.329 e. The van der Waals surface area contributed by atoms with Gasteiger partial charge in [0.1, 0.15) is 11.6 Å². The van der Waals surface area contributed by atoms with Crippen molar-refractivity contribution in [3.63, 3.8) is 0 Å². The van der Waals surface area contributed by atoms with Gasteiger partial charge < -0.3 is 9.47 Å². The molecule has 1 aromatic heterocycles. The number of nitrogens with zero attached hydrogens (tertiary/aromatic N) is 4. The maximum atomic E-state index is 13.6. The maximum Gasteiger partial charge on any atom is 0.254 e. The Balaban J connectivity index is 1.77. The van der Waals surface area contributed by atoms with Crippen LogP contribution in [0, 0.1) is 11.7 Å². The van der Waals surface area contributed by atoms with Crippen LogP contribution in [0.3, 0.4) is 0 Å². The van der Waals surface area contributed by atoms with E-state index < -0.39 is 5.82 Å². The summed E-state index contributed by atoms with van der Waals surface area (Å²) >= 11 is 3.10. The molecule has 0 fully saturated rings. The number of benzene rings is 1. The number of amides is 1. The molecule has 0 unspecified atom stereocenters. The summed E-state index contributed by atoms with van der Waals surface area (Å²) in [5.74, 6) is 1.65. The summed E-state index contributed by atoms with van der Waals surface area (Å²) < 4.78 is 16.1. The van der Waals surface area contributed by atoms with Crippen LogP contribution in [-0.4, -0.2) is 32.1 Å². The predicted octanol–water partition coefficient (Wildman–Crippen LogP) is 3.03. The molecule has 0 bridgehead atoms. The number of aromatic nitrogens is 3. The molecule has 122 valence electrons. The number of halogens is 2. The van der Waals surface area contributed by atoms with Gasteiger partial charge in [-0.25, -0.2) is 4.39 Å². The summed E-state index contributed by atoms with van der Waals surface area (Å²) in [5, 5.41) is 8.44. The molecular weight excluding hydrogens is 363 g/mol. The minimum absolute atomic E-state index is 0.184. The van der Waals surface area contributed by atoms with Crippen molar-refractivity contribution < 1.29 is 9.18 Å². The van der Waals surface area contributed by atoms with Crippen molar-refractivity contribution in [1.82, 2.24) is 19.7 Å². The van der Waals surface area contributed by atoms with E-state index in [0.717, 1.165) is 18.1 Å². The van der Waals surface area contributed by atoms with Gasteiger partial charge in [0.25, 0.3) is 5.91 Å². The fraction of sp³-hybridized carbons (Fsp3) is 0.438. The highest BCUT2D eigenvalue weighted by Gasteiger charge is 2.25. The normalized spacial score (nSPS) is 14.2. The first-order chi connectivity index (χ1) is 11.0. The quantitative estimate of drug-likeness (QED) is 0.821. The molecule has 3 rings (SSSR count). The molecule has 1 amide bonds. The van der Waals surface area contributed by atoms with Gasteiger partial charge in [0.05, 0.1) is 11.0 Å². The zero-order chi connectivity index (χ0) is 16.6. The molecule has 23 heavy (non-hydrogen) atoms. The van der Waals surface area contributed by atoms with Crippen LogP contribution >= 0.6 is 15.9 Å². The summed E-state index contributed by atoms with van der Waals surface area (Å²) in [6.45, 7) is 5.94. The predicted molar refractivity (Wildman–Crippen MR) is 87.4 cm³/mol. The van der Waals surface area contributed by atoms with Crippen LogP contribution < -0.4 is 0 Å². The van der Waals surface area contributed by atoms with E-state index in [1.807, 2.05) is 0 Å². The zero-order valence-corrected chi connectivity index (χ0v) is 14.7. The lowest BCUT2D eigenvalue weighted by Gasteiger charge is -2.28. The Kier molecular flexibility index (Phi) is 4.48. The number of carbonyl (C=O) groups excluding carboxylic acids is 1. The molecule has 0 saturated heterocycles. The molecule has 1 aliphatic heterocycles. The Morgan fingerprint density at radius 3 is 2.83 bits per heavy atom. The van der Waals surface area contributed by atoms with Gasteiger partial charge in [-0.2, -0.15) is 0 Å². The highest BCUT2D eigenvalue weighted by atomic mass is 79.9. The Bertz CT molecular complexity index is 744. The largest absolute Gasteiger partial charge is 0.329 e. The highest BCUT2D eigenvalue weighted by molar-refractivity contribution is 9.10. The van der Waals surface area contributed by atoms with Crippen molar-refractivity contribution in [2.24, 2.45) is 5.92 Å². The monoisotopic (exact) mass is 380 g/mol. The van der Waals surface area contributed by atoms with Gasteiger partial charge in [-0.15, -0.1) is 10.2 Å². The second kappa shape index (κ2) is 6.39. The van der Waals surface area contributed by atoms with Crippen LogP contribution in [0.25, 0.3) is 0 Å². The second-order valence-corrected chi connectivity index (χ2v) is 6.99. The average Bonchev–Trinajstić information content (AvgIpc) is 2.91. The number of rotatable bonds is 3. The highest BCUT2D eigenvalue weighted by Crippen LogP contribution is 2.20. The fourth-order valence-corrected chi connectivity index (χ4v) is 2.97. The molecule has 0 atom stereocenters. The lowest BCUT2D eigenvalue weighted by Crippen LogP contribution is -2.38. The molecule has 0 spiro atoms. The molecule has 0 N–H and O–H groups in total. The lowest BCUT2D eigenvalue weighted by molar-refractivity contribution is 0.0705. The molecule has 2 aromatic rings. The van der Waals surface area contributed by atoms with Crippen LogP contribution in [0.5, 0.6) is 0 Å². The van der Waals surface area contributed by atoms with Crippen LogP contribution in [-0.2, 0) is 19.5 Å². The molecule has 0 aliphatic carbocycles. The Labute approximate surface area is 142 Å². The second-order valence-electron chi connectivity index (χ2n) is 6.14. The van der Waals surface area contributed by atoms with Gasteiger partial charge in [-0.05, 0) is 40.0 Å². The van der Waals surface area contributed by atoms with Crippen molar-refractivity contribution in [3.05, 3.63) is 45.7 Å². The van der Waals surface area contributed by atoms with Gasteiger partial charge in [0, 0.05) is 25.1 Å². The Morgan fingerprint density at radius 1 is 1.35 bits per heavy atom. The first-order valence-corrected chi connectivity index (χ1v) is 8.40. The first-order valence-electron chi connectivity index (χ1n) is 7.61. The van der Waals surface area contributed by atoms with E-state index in [9.17, 15) is 9.18 Å². The van der Waals surface area contributed by atoms with E-state index in [4.69, 9.17) is 0 Å². The van der Waals surface area contributed by atoms with Gasteiger partial charge in [0.2, 0.25) is 0 Å². The van der Waals surface area contributed by atoms with Crippen molar-refractivity contribution >= 4 is 21.8 Å². The van der Waals surface area contributed by atoms with Crippen LogP contribution in [0.4, 0.5) is 4.39 Å². The fourth-order valence-electron chi connectivity index (χ4n) is 2.72. The van der Waals surface area contributed by atoms with Crippen molar-refractivity contribution in [2.45, 2.75) is 33.4 Å². The van der Waals surface area contributed by atoms with Crippen molar-refractivity contribution in [1.29, 1.82) is 0 Å². The van der Waals surface area contributed by atoms with Gasteiger partial charge >= 0.3 is 0 Å². The molecule has 1 aliphatic rings. The van der Waals surface area contributed by atoms with E-state index in [-0.39, 0.29) is 5.91 Å². The zero-order valence-electron chi connectivity index (χ0n) is 13.1. The Hall–Kier alpha value is -1.76. The standard InChI is InChI=1S/C16H18BrFN4O/c1-10(2)7-14-19-20-15-9-21(5-6-22(14)15)16(23)11-3-4-12(17)13(18)8-11/h3-4,8,10H,5-7,9H2,1-2H3. The average molecular weight is 381 g/mol. The van der Waals surface area contributed by atoms with Crippen LogP contribution in [0.2, 0.25) is 0 Å². The SMILES string of the molecule is CC(C)Cc1nnc2n1CCN(C(=O)c1ccc(Br)c(F)c1)C2. The third-order valence-electron chi connectivity index (χ3n) is 3.87. The maximum absolute atomic E-state index is 13.6. The number of hydrogen-bond donors (Lipinski definition) is 0. The third-order valence-corrected chi connectivity index (χ3v) is 4.52. The molecule has 2 heterocycles. The van der Waals surface area contributed by atoms with Gasteiger partial charge in [0.15, 0.2) is 5.82 Å².